The number of hydrogen-bond donors (Lipinski definition) is 0. The minimum Gasteiger partial charge on any atom is -0.383 e. The largest absolute Gasteiger partial charge is 0.383 e. The number of nitrogens with zero attached hydrogens (tertiary/aromatic N) is 1. The number of rotatable bonds is 4. The van der Waals surface area contributed by atoms with Crippen LogP contribution < -0.4 is 0 Å². The molecule has 0 radical (unpaired) electrons. The molecule has 4 unspecified atom stereocenters. The zero-order valence-electron chi connectivity index (χ0n) is 14.7. The van der Waals surface area contributed by atoms with Gasteiger partial charge >= 0.3 is 0 Å². The predicted molar refractivity (Wildman–Crippen MR) is 97.7 cm³/mol. The molecule has 3 aliphatic carbocycles. The van der Waals surface area contributed by atoms with Crippen molar-refractivity contribution >= 4 is 11.4 Å². The van der Waals surface area contributed by atoms with Crippen LogP contribution in [-0.2, 0) is 9.53 Å². The molecule has 2 fully saturated rings. The Labute approximate surface area is 149 Å². The maximum absolute atomic E-state index is 13.5. The molecular formula is C22H25NO2. The van der Waals surface area contributed by atoms with Crippen LogP contribution >= 0.6 is 0 Å². The van der Waals surface area contributed by atoms with Crippen LogP contribution in [0.1, 0.15) is 24.8 Å². The molecule has 1 saturated heterocycles. The Balaban J connectivity index is 1.64. The summed E-state index contributed by atoms with van der Waals surface area (Å²) < 4.78 is 5.45. The first kappa shape index (κ1) is 15.4. The zero-order chi connectivity index (χ0) is 17.0. The normalized spacial score (nSPS) is 36.0. The first-order valence-electron chi connectivity index (χ1n) is 9.57. The number of methoxy groups -OCH3 is 1. The Morgan fingerprint density at radius 2 is 1.88 bits per heavy atom. The second-order valence-corrected chi connectivity index (χ2v) is 7.94. The van der Waals surface area contributed by atoms with E-state index < -0.39 is 0 Å². The SMILES string of the molecule is COC[C@@H]1CCCN1C1=C(c2ccccc2)C2C3C=CC(C3)C2C1=O. The molecule has 0 spiro atoms. The maximum atomic E-state index is 13.5. The molecule has 0 aromatic heterocycles. The molecule has 5 rings (SSSR count). The van der Waals surface area contributed by atoms with Crippen LogP contribution in [0, 0.1) is 23.7 Å². The molecule has 25 heavy (non-hydrogen) atoms. The van der Waals surface area contributed by atoms with Crippen molar-refractivity contribution in [2.45, 2.75) is 25.3 Å². The fourth-order valence-corrected chi connectivity index (χ4v) is 5.76. The van der Waals surface area contributed by atoms with E-state index in [1.54, 1.807) is 7.11 Å². The van der Waals surface area contributed by atoms with E-state index in [9.17, 15) is 4.79 Å². The summed E-state index contributed by atoms with van der Waals surface area (Å²) in [5.74, 6) is 1.92. The Morgan fingerprint density at radius 1 is 1.12 bits per heavy atom. The average Bonchev–Trinajstić information content (AvgIpc) is 3.38. The second-order valence-electron chi connectivity index (χ2n) is 7.94. The molecule has 3 nitrogen and oxygen atoms in total. The van der Waals surface area contributed by atoms with Gasteiger partial charge in [-0.2, -0.15) is 0 Å². The Hall–Kier alpha value is -1.87. The highest BCUT2D eigenvalue weighted by Gasteiger charge is 2.56. The maximum Gasteiger partial charge on any atom is 0.183 e. The van der Waals surface area contributed by atoms with Crippen molar-refractivity contribution in [1.82, 2.24) is 4.90 Å². The van der Waals surface area contributed by atoms with Crippen molar-refractivity contribution in [3.63, 3.8) is 0 Å². The number of likely N-dealkylation sites (tertiary alicyclic amines) is 1. The van der Waals surface area contributed by atoms with Gasteiger partial charge < -0.3 is 9.64 Å². The standard InChI is InChI=1S/C22H25NO2/c1-25-13-17-8-5-11-23(17)21-19(14-6-3-2-4-7-14)18-15-9-10-16(12-15)20(18)22(21)24/h2-4,6-7,9-10,15-18,20H,5,8,11-13H2,1H3/t15?,16?,17-,18?,20?/m0/s1. The predicted octanol–water partition coefficient (Wildman–Crippen LogP) is 3.53. The highest BCUT2D eigenvalue weighted by molar-refractivity contribution is 6.10. The van der Waals surface area contributed by atoms with Crippen LogP contribution in [0.5, 0.6) is 0 Å². The fourth-order valence-electron chi connectivity index (χ4n) is 5.76. The molecular weight excluding hydrogens is 310 g/mol. The van der Waals surface area contributed by atoms with Crippen LogP contribution in [0.3, 0.4) is 0 Å². The van der Waals surface area contributed by atoms with Gasteiger partial charge in [-0.05, 0) is 42.2 Å². The Bertz CT molecular complexity index is 751. The lowest BCUT2D eigenvalue weighted by Crippen LogP contribution is -2.36. The highest BCUT2D eigenvalue weighted by Crippen LogP contribution is 2.59. The molecule has 5 atom stereocenters. The van der Waals surface area contributed by atoms with E-state index in [2.05, 4.69) is 47.4 Å². The summed E-state index contributed by atoms with van der Waals surface area (Å²) in [7, 11) is 1.76. The number of hydrogen-bond acceptors (Lipinski definition) is 3. The smallest absolute Gasteiger partial charge is 0.183 e. The van der Waals surface area contributed by atoms with Crippen LogP contribution in [0.15, 0.2) is 48.2 Å². The van der Waals surface area contributed by atoms with E-state index >= 15 is 0 Å². The van der Waals surface area contributed by atoms with Gasteiger partial charge in [-0.15, -0.1) is 0 Å². The summed E-state index contributed by atoms with van der Waals surface area (Å²) in [6.45, 7) is 1.69. The number of fused-ring (bicyclic) bond motifs is 5. The molecule has 1 saturated carbocycles. The second kappa shape index (κ2) is 5.84. The molecule has 2 bridgehead atoms. The fraction of sp³-hybridized carbons (Fsp3) is 0.500. The summed E-state index contributed by atoms with van der Waals surface area (Å²) in [6.07, 6.45) is 8.08. The third kappa shape index (κ3) is 2.18. The number of ether oxygens (including phenoxy) is 1. The van der Waals surface area contributed by atoms with Gasteiger partial charge in [-0.25, -0.2) is 0 Å². The molecule has 1 heterocycles. The van der Waals surface area contributed by atoms with E-state index in [1.165, 1.54) is 11.1 Å². The van der Waals surface area contributed by atoms with Crippen LogP contribution in [0.2, 0.25) is 0 Å². The quantitative estimate of drug-likeness (QED) is 0.789. The first-order chi connectivity index (χ1) is 12.3. The number of allylic oxidation sites excluding steroid dienone is 4. The molecule has 1 aliphatic heterocycles. The van der Waals surface area contributed by atoms with Crippen molar-refractivity contribution in [3.05, 3.63) is 53.7 Å². The minimum atomic E-state index is 0.170. The van der Waals surface area contributed by atoms with E-state index in [4.69, 9.17) is 4.74 Å². The van der Waals surface area contributed by atoms with E-state index in [0.29, 0.717) is 36.2 Å². The van der Waals surface area contributed by atoms with Gasteiger partial charge in [0.1, 0.15) is 0 Å². The molecule has 0 amide bonds. The number of benzene rings is 1. The van der Waals surface area contributed by atoms with Crippen LogP contribution in [-0.4, -0.2) is 37.0 Å². The highest BCUT2D eigenvalue weighted by atomic mass is 16.5. The van der Waals surface area contributed by atoms with Crippen molar-refractivity contribution in [2.75, 3.05) is 20.3 Å². The molecule has 130 valence electrons. The lowest BCUT2D eigenvalue weighted by Gasteiger charge is -2.29. The van der Waals surface area contributed by atoms with Gasteiger partial charge in [0.05, 0.1) is 18.3 Å². The third-order valence-electron chi connectivity index (χ3n) is 6.69. The summed E-state index contributed by atoms with van der Waals surface area (Å²) in [6, 6.07) is 11.0. The number of ketones is 1. The van der Waals surface area contributed by atoms with Crippen molar-refractivity contribution in [3.8, 4) is 0 Å². The summed E-state index contributed by atoms with van der Waals surface area (Å²) >= 11 is 0. The number of carbonyl (C=O) groups is 1. The van der Waals surface area contributed by atoms with Gasteiger partial charge in [-0.1, -0.05) is 42.5 Å². The van der Waals surface area contributed by atoms with E-state index in [1.807, 2.05) is 0 Å². The van der Waals surface area contributed by atoms with Gasteiger partial charge in [0.2, 0.25) is 0 Å². The average molecular weight is 335 g/mol. The van der Waals surface area contributed by atoms with Gasteiger partial charge in [0, 0.05) is 25.5 Å². The first-order valence-corrected chi connectivity index (χ1v) is 9.57. The lowest BCUT2D eigenvalue weighted by molar-refractivity contribution is -0.121. The Morgan fingerprint density at radius 3 is 2.64 bits per heavy atom. The molecule has 1 aromatic carbocycles. The van der Waals surface area contributed by atoms with Crippen molar-refractivity contribution < 1.29 is 9.53 Å². The Kier molecular flexibility index (Phi) is 3.60. The molecule has 4 aliphatic rings. The van der Waals surface area contributed by atoms with E-state index in [-0.39, 0.29) is 5.92 Å². The monoisotopic (exact) mass is 335 g/mol. The van der Waals surface area contributed by atoms with Crippen LogP contribution in [0.25, 0.3) is 5.57 Å². The number of carbonyl (C=O) groups excluding carboxylic acids is 1. The van der Waals surface area contributed by atoms with Gasteiger partial charge in [-0.3, -0.25) is 4.79 Å². The van der Waals surface area contributed by atoms with Crippen molar-refractivity contribution in [2.24, 2.45) is 23.7 Å². The topological polar surface area (TPSA) is 29.5 Å². The molecule has 3 heteroatoms. The summed E-state index contributed by atoms with van der Waals surface area (Å²) in [5, 5.41) is 0. The summed E-state index contributed by atoms with van der Waals surface area (Å²) in [4.78, 5) is 15.9. The zero-order valence-corrected chi connectivity index (χ0v) is 14.7. The van der Waals surface area contributed by atoms with E-state index in [0.717, 1.165) is 31.5 Å². The van der Waals surface area contributed by atoms with Gasteiger partial charge in [0.15, 0.2) is 5.78 Å². The molecule has 0 N–H and O–H groups in total. The van der Waals surface area contributed by atoms with Crippen molar-refractivity contribution in [1.29, 1.82) is 0 Å². The lowest BCUT2D eigenvalue weighted by atomic mass is 9.80. The number of Topliss-reactive ketones (excluding diaryl/α,β-unsaturated/α-hetero) is 1. The van der Waals surface area contributed by atoms with Gasteiger partial charge in [0.25, 0.3) is 0 Å². The minimum absolute atomic E-state index is 0.170. The molecule has 1 aromatic rings. The third-order valence-corrected chi connectivity index (χ3v) is 6.69. The summed E-state index contributed by atoms with van der Waals surface area (Å²) in [5.41, 5.74) is 3.57. The van der Waals surface area contributed by atoms with Crippen LogP contribution in [0.4, 0.5) is 0 Å².